The first-order valence-electron chi connectivity index (χ1n) is 8.94. The van der Waals surface area contributed by atoms with E-state index in [0.717, 1.165) is 29.4 Å². The number of pyridine rings is 1. The van der Waals surface area contributed by atoms with Crippen molar-refractivity contribution in [3.8, 4) is 22.9 Å². The molecule has 144 valence electrons. The van der Waals surface area contributed by atoms with Crippen LogP contribution in [-0.2, 0) is 0 Å². The second-order valence-corrected chi connectivity index (χ2v) is 7.36. The molecule has 2 aromatic heterocycles. The second-order valence-electron chi connectivity index (χ2n) is 6.42. The Kier molecular flexibility index (Phi) is 5.29. The number of nitrogens with zero attached hydrogens (tertiary/aromatic N) is 4. The number of aromatic nitrogens is 4. The quantitative estimate of drug-likeness (QED) is 0.425. The van der Waals surface area contributed by atoms with E-state index in [1.54, 1.807) is 44.8 Å². The molecule has 0 saturated heterocycles. The molecule has 8 heteroatoms. The zero-order valence-corrected chi connectivity index (χ0v) is 16.5. The summed E-state index contributed by atoms with van der Waals surface area (Å²) < 4.78 is 12.7. The Labute approximate surface area is 167 Å². The van der Waals surface area contributed by atoms with Crippen molar-refractivity contribution in [1.82, 2.24) is 19.7 Å². The fourth-order valence-electron chi connectivity index (χ4n) is 2.97. The molecule has 1 saturated carbocycles. The maximum Gasteiger partial charge on any atom is 0.192 e. The number of carbonyl (C=O) groups is 1. The number of hydrogen-bond donors (Lipinski definition) is 0. The van der Waals surface area contributed by atoms with Gasteiger partial charge < -0.3 is 9.47 Å². The van der Waals surface area contributed by atoms with E-state index in [2.05, 4.69) is 19.7 Å². The molecule has 0 N–H and O–H groups in total. The first-order chi connectivity index (χ1) is 13.7. The van der Waals surface area contributed by atoms with E-state index < -0.39 is 0 Å². The highest BCUT2D eigenvalue weighted by Crippen LogP contribution is 2.41. The molecule has 0 unspecified atom stereocenters. The molecule has 3 aromatic rings. The van der Waals surface area contributed by atoms with Gasteiger partial charge in [0.25, 0.3) is 0 Å². The third-order valence-corrected chi connectivity index (χ3v) is 5.50. The van der Waals surface area contributed by atoms with Crippen molar-refractivity contribution in [3.63, 3.8) is 0 Å². The molecule has 0 bridgehead atoms. The summed E-state index contributed by atoms with van der Waals surface area (Å²) in [5.74, 6) is 2.20. The van der Waals surface area contributed by atoms with Crippen LogP contribution in [0.4, 0.5) is 0 Å². The minimum atomic E-state index is -0.0275. The van der Waals surface area contributed by atoms with Crippen molar-refractivity contribution in [2.45, 2.75) is 24.0 Å². The van der Waals surface area contributed by atoms with Gasteiger partial charge in [-0.1, -0.05) is 11.8 Å². The van der Waals surface area contributed by atoms with Crippen molar-refractivity contribution in [3.05, 3.63) is 48.3 Å². The summed E-state index contributed by atoms with van der Waals surface area (Å²) in [6.07, 6.45) is 5.69. The van der Waals surface area contributed by atoms with Gasteiger partial charge in [-0.3, -0.25) is 14.3 Å². The molecule has 1 fully saturated rings. The number of benzene rings is 1. The van der Waals surface area contributed by atoms with Gasteiger partial charge in [0, 0.05) is 30.1 Å². The van der Waals surface area contributed by atoms with Crippen LogP contribution < -0.4 is 9.47 Å². The van der Waals surface area contributed by atoms with Gasteiger partial charge in [-0.15, -0.1) is 10.2 Å². The van der Waals surface area contributed by atoms with Gasteiger partial charge in [-0.05, 0) is 37.1 Å². The number of hydrogen-bond acceptors (Lipinski definition) is 7. The Hall–Kier alpha value is -2.87. The lowest BCUT2D eigenvalue weighted by atomic mass is 10.1. The molecule has 0 aliphatic heterocycles. The molecule has 0 atom stereocenters. The first kappa shape index (κ1) is 18.5. The van der Waals surface area contributed by atoms with Crippen molar-refractivity contribution in [1.29, 1.82) is 0 Å². The predicted molar refractivity (Wildman–Crippen MR) is 106 cm³/mol. The van der Waals surface area contributed by atoms with E-state index >= 15 is 0 Å². The Morgan fingerprint density at radius 3 is 2.61 bits per heavy atom. The standard InChI is InChI=1S/C20H20N4O3S/c1-26-15-5-6-16(18(11-15)27-2)17(25)12-28-20-23-22-19(24(20)14-3-4-14)13-7-9-21-10-8-13/h5-11,14H,3-4,12H2,1-2H3. The molecule has 1 aromatic carbocycles. The molecule has 4 rings (SSSR count). The third-order valence-electron chi connectivity index (χ3n) is 4.56. The van der Waals surface area contributed by atoms with E-state index in [-0.39, 0.29) is 11.5 Å². The molecule has 0 spiro atoms. The molecule has 2 heterocycles. The Morgan fingerprint density at radius 1 is 1.14 bits per heavy atom. The zero-order valence-electron chi connectivity index (χ0n) is 15.7. The van der Waals surface area contributed by atoms with Crippen molar-refractivity contribution >= 4 is 17.5 Å². The Morgan fingerprint density at radius 2 is 1.93 bits per heavy atom. The van der Waals surface area contributed by atoms with Crippen molar-refractivity contribution in [2.24, 2.45) is 0 Å². The topological polar surface area (TPSA) is 79.1 Å². The first-order valence-corrected chi connectivity index (χ1v) is 9.93. The SMILES string of the molecule is COc1ccc(C(=O)CSc2nnc(-c3ccncc3)n2C2CC2)c(OC)c1. The molecule has 7 nitrogen and oxygen atoms in total. The van der Waals surface area contributed by atoms with E-state index in [0.29, 0.717) is 23.1 Å². The smallest absolute Gasteiger partial charge is 0.192 e. The number of methoxy groups -OCH3 is 2. The van der Waals surface area contributed by atoms with Crippen molar-refractivity contribution < 1.29 is 14.3 Å². The average molecular weight is 396 g/mol. The van der Waals surface area contributed by atoms with Gasteiger partial charge in [0.15, 0.2) is 16.8 Å². The minimum Gasteiger partial charge on any atom is -0.497 e. The molecule has 28 heavy (non-hydrogen) atoms. The molecule has 0 amide bonds. The number of thioether (sulfide) groups is 1. The summed E-state index contributed by atoms with van der Waals surface area (Å²) in [7, 11) is 3.13. The molecule has 0 radical (unpaired) electrons. The van der Waals surface area contributed by atoms with Gasteiger partial charge in [-0.2, -0.15) is 0 Å². The highest BCUT2D eigenvalue weighted by Gasteiger charge is 2.30. The Balaban J connectivity index is 1.54. The van der Waals surface area contributed by atoms with E-state index in [1.807, 2.05) is 12.1 Å². The van der Waals surface area contributed by atoms with Gasteiger partial charge in [-0.25, -0.2) is 0 Å². The Bertz CT molecular complexity index is 986. The van der Waals surface area contributed by atoms with Crippen molar-refractivity contribution in [2.75, 3.05) is 20.0 Å². The lowest BCUT2D eigenvalue weighted by Crippen LogP contribution is -2.07. The number of ketones is 1. The van der Waals surface area contributed by atoms with Gasteiger partial charge in [0.1, 0.15) is 11.5 Å². The van der Waals surface area contributed by atoms with E-state index in [4.69, 9.17) is 9.47 Å². The monoisotopic (exact) mass is 396 g/mol. The van der Waals surface area contributed by atoms with Gasteiger partial charge >= 0.3 is 0 Å². The zero-order chi connectivity index (χ0) is 19.5. The minimum absolute atomic E-state index is 0.0275. The van der Waals surface area contributed by atoms with Crippen LogP contribution in [0.1, 0.15) is 29.2 Å². The van der Waals surface area contributed by atoms with Crippen LogP contribution in [0.25, 0.3) is 11.4 Å². The normalized spacial score (nSPS) is 13.4. The maximum atomic E-state index is 12.8. The summed E-state index contributed by atoms with van der Waals surface area (Å²) in [5, 5.41) is 9.47. The lowest BCUT2D eigenvalue weighted by molar-refractivity contribution is 0.101. The highest BCUT2D eigenvalue weighted by atomic mass is 32.2. The summed E-state index contributed by atoms with van der Waals surface area (Å²) in [4.78, 5) is 16.8. The van der Waals surface area contributed by atoms with E-state index in [9.17, 15) is 4.79 Å². The largest absolute Gasteiger partial charge is 0.497 e. The number of ether oxygens (including phenoxy) is 2. The van der Waals surface area contributed by atoms with E-state index in [1.165, 1.54) is 11.8 Å². The molecular weight excluding hydrogens is 376 g/mol. The van der Waals surface area contributed by atoms with Gasteiger partial charge in [0.05, 0.1) is 25.5 Å². The van der Waals surface area contributed by atoms with Crippen LogP contribution in [0.3, 0.4) is 0 Å². The summed E-state index contributed by atoms with van der Waals surface area (Å²) in [6, 6.07) is 9.44. The summed E-state index contributed by atoms with van der Waals surface area (Å²) in [5.41, 5.74) is 1.51. The number of carbonyl (C=O) groups excluding carboxylic acids is 1. The van der Waals surface area contributed by atoms with Crippen LogP contribution >= 0.6 is 11.8 Å². The molecule has 1 aliphatic carbocycles. The summed E-state index contributed by atoms with van der Waals surface area (Å²) in [6.45, 7) is 0. The number of rotatable bonds is 8. The lowest BCUT2D eigenvalue weighted by Gasteiger charge is -2.10. The number of Topliss-reactive ketones (excluding diaryl/α,β-unsaturated/α-hetero) is 1. The van der Waals surface area contributed by atoms with Crippen LogP contribution in [0, 0.1) is 0 Å². The third kappa shape index (κ3) is 3.73. The van der Waals surface area contributed by atoms with Crippen LogP contribution in [0.2, 0.25) is 0 Å². The summed E-state index contributed by atoms with van der Waals surface area (Å²) >= 11 is 1.40. The highest BCUT2D eigenvalue weighted by molar-refractivity contribution is 7.99. The van der Waals surface area contributed by atoms with Crippen LogP contribution in [0.15, 0.2) is 47.9 Å². The fraction of sp³-hybridized carbons (Fsp3) is 0.300. The predicted octanol–water partition coefficient (Wildman–Crippen LogP) is 3.67. The van der Waals surface area contributed by atoms with Crippen LogP contribution in [-0.4, -0.2) is 45.5 Å². The maximum absolute atomic E-state index is 12.8. The molecular formula is C20H20N4O3S. The van der Waals surface area contributed by atoms with Crippen LogP contribution in [0.5, 0.6) is 11.5 Å². The van der Waals surface area contributed by atoms with Gasteiger partial charge in [0.2, 0.25) is 0 Å². The average Bonchev–Trinajstić information content (AvgIpc) is 3.50. The fourth-order valence-corrected chi connectivity index (χ4v) is 3.86. The molecule has 1 aliphatic rings. The second kappa shape index (κ2) is 8.02.